The molecule has 1 N–H and O–H groups in total. The van der Waals surface area contributed by atoms with Crippen LogP contribution in [-0.2, 0) is 0 Å². The Labute approximate surface area is 42.5 Å². The Morgan fingerprint density at radius 1 is 1.71 bits per heavy atom. The lowest BCUT2D eigenvalue weighted by atomic mass is 10.3. The van der Waals surface area contributed by atoms with Crippen molar-refractivity contribution in [1.82, 2.24) is 0 Å². The van der Waals surface area contributed by atoms with Crippen LogP contribution in [0.1, 0.15) is 12.8 Å². The molecule has 7 heavy (non-hydrogen) atoms. The van der Waals surface area contributed by atoms with Crippen molar-refractivity contribution in [2.24, 2.45) is 5.11 Å². The molecular weight excluding hydrogens is 90.1 g/mol. The summed E-state index contributed by atoms with van der Waals surface area (Å²) in [6.45, 7) is 0.494. The predicted octanol–water partition coefficient (Wildman–Crippen LogP) is 1.32. The third kappa shape index (κ3) is 5.09. The van der Waals surface area contributed by atoms with E-state index in [1.165, 1.54) is 0 Å². The van der Waals surface area contributed by atoms with Gasteiger partial charge in [-0.1, -0.05) is 0 Å². The largest absolute Gasteiger partial charge is 0.210 e. The van der Waals surface area contributed by atoms with E-state index in [4.69, 9.17) is 10.8 Å². The summed E-state index contributed by atoms with van der Waals surface area (Å²) in [6, 6.07) is 1.96. The fraction of sp³-hybridized carbons (Fsp3) is 0.750. The zero-order valence-electron chi connectivity index (χ0n) is 4.02. The monoisotopic (exact) mass is 97.1 g/mol. The number of hydrogen-bond acceptors (Lipinski definition) is 3. The van der Waals surface area contributed by atoms with Crippen molar-refractivity contribution in [3.05, 3.63) is 0 Å². The van der Waals surface area contributed by atoms with E-state index in [2.05, 4.69) is 5.11 Å². The molecule has 0 atom stereocenters. The van der Waals surface area contributed by atoms with Gasteiger partial charge in [-0.05, 0) is 6.42 Å². The molecule has 0 aromatic rings. The molecule has 0 saturated carbocycles. The van der Waals surface area contributed by atoms with Gasteiger partial charge in [-0.25, -0.2) is 5.53 Å². The van der Waals surface area contributed by atoms with E-state index < -0.39 is 0 Å². The summed E-state index contributed by atoms with van der Waals surface area (Å²) in [5.74, 6) is 0. The first-order valence-electron chi connectivity index (χ1n) is 2.12. The number of rotatable bonds is 3. The molecule has 0 saturated heterocycles. The second-order valence-corrected chi connectivity index (χ2v) is 1.14. The minimum atomic E-state index is 0.494. The summed E-state index contributed by atoms with van der Waals surface area (Å²) in [7, 11) is 0. The van der Waals surface area contributed by atoms with Crippen molar-refractivity contribution in [1.29, 1.82) is 10.8 Å². The van der Waals surface area contributed by atoms with Crippen molar-refractivity contribution in [2.45, 2.75) is 12.8 Å². The zero-order valence-corrected chi connectivity index (χ0v) is 4.02. The molecular formula is C4H7N3. The second-order valence-electron chi connectivity index (χ2n) is 1.14. The van der Waals surface area contributed by atoms with Gasteiger partial charge in [0.2, 0.25) is 0 Å². The summed E-state index contributed by atoms with van der Waals surface area (Å²) >= 11 is 0. The molecule has 38 valence electrons. The summed E-state index contributed by atoms with van der Waals surface area (Å²) in [5.41, 5.74) is 6.30. The molecule has 0 spiro atoms. The number of nitriles is 1. The van der Waals surface area contributed by atoms with Crippen LogP contribution in [0, 0.1) is 16.9 Å². The molecule has 0 aliphatic heterocycles. The van der Waals surface area contributed by atoms with Crippen LogP contribution in [0.15, 0.2) is 5.11 Å². The molecule has 0 aliphatic rings. The molecule has 3 nitrogen and oxygen atoms in total. The zero-order chi connectivity index (χ0) is 5.54. The van der Waals surface area contributed by atoms with Crippen LogP contribution in [0.25, 0.3) is 0 Å². The topological polar surface area (TPSA) is 60.0 Å². The summed E-state index contributed by atoms with van der Waals surface area (Å²) < 4.78 is 0. The van der Waals surface area contributed by atoms with E-state index in [0.29, 0.717) is 13.0 Å². The molecule has 0 amide bonds. The summed E-state index contributed by atoms with van der Waals surface area (Å²) in [6.07, 6.45) is 1.24. The molecule has 0 heterocycles. The van der Waals surface area contributed by atoms with Gasteiger partial charge in [-0.3, -0.25) is 0 Å². The Bertz CT molecular complexity index is 81.4. The van der Waals surface area contributed by atoms with Crippen molar-refractivity contribution in [2.75, 3.05) is 6.54 Å². The smallest absolute Gasteiger partial charge is 0.0622 e. The first kappa shape index (κ1) is 6.09. The molecule has 3 heteroatoms. The SMILES string of the molecule is N#CCCCN=N. The van der Waals surface area contributed by atoms with Crippen LogP contribution < -0.4 is 0 Å². The van der Waals surface area contributed by atoms with Crippen molar-refractivity contribution in [3.63, 3.8) is 0 Å². The maximum Gasteiger partial charge on any atom is 0.0622 e. The van der Waals surface area contributed by atoms with Crippen LogP contribution in [-0.4, -0.2) is 6.54 Å². The minimum Gasteiger partial charge on any atom is -0.210 e. The Kier molecular flexibility index (Phi) is 4.43. The van der Waals surface area contributed by atoms with E-state index in [0.717, 1.165) is 6.42 Å². The first-order chi connectivity index (χ1) is 3.41. The Hall–Kier alpha value is -0.910. The third-order valence-corrected chi connectivity index (χ3v) is 0.558. The predicted molar refractivity (Wildman–Crippen MR) is 24.9 cm³/mol. The molecule has 0 radical (unpaired) electrons. The van der Waals surface area contributed by atoms with Gasteiger partial charge in [-0.2, -0.15) is 10.4 Å². The molecule has 0 aromatic heterocycles. The average Bonchev–Trinajstić information content (AvgIpc) is 1.69. The van der Waals surface area contributed by atoms with Gasteiger partial charge >= 0.3 is 0 Å². The van der Waals surface area contributed by atoms with E-state index in [1.807, 2.05) is 6.07 Å². The molecule has 0 aliphatic carbocycles. The number of nitrogens with zero attached hydrogens (tertiary/aromatic N) is 2. The van der Waals surface area contributed by atoms with E-state index >= 15 is 0 Å². The van der Waals surface area contributed by atoms with E-state index in [-0.39, 0.29) is 0 Å². The standard InChI is InChI=1S/C4H7N3/c5-3-1-2-4-7-6/h6H,1-2,4H2. The van der Waals surface area contributed by atoms with Crippen LogP contribution in [0.3, 0.4) is 0 Å². The van der Waals surface area contributed by atoms with Gasteiger partial charge in [-0.15, -0.1) is 0 Å². The van der Waals surface area contributed by atoms with Gasteiger partial charge in [0.15, 0.2) is 0 Å². The highest BCUT2D eigenvalue weighted by molar-refractivity contribution is 4.67. The highest BCUT2D eigenvalue weighted by Gasteiger charge is 1.78. The van der Waals surface area contributed by atoms with Gasteiger partial charge in [0.1, 0.15) is 0 Å². The minimum absolute atomic E-state index is 0.494. The van der Waals surface area contributed by atoms with Gasteiger partial charge in [0.25, 0.3) is 0 Å². The van der Waals surface area contributed by atoms with Crippen molar-refractivity contribution >= 4 is 0 Å². The summed E-state index contributed by atoms with van der Waals surface area (Å²) in [5, 5.41) is 11.0. The highest BCUT2D eigenvalue weighted by atomic mass is 14.9. The maximum absolute atomic E-state index is 7.94. The lowest BCUT2D eigenvalue weighted by molar-refractivity contribution is 0.801. The summed E-state index contributed by atoms with van der Waals surface area (Å²) in [4.78, 5) is 0. The van der Waals surface area contributed by atoms with Crippen LogP contribution in [0.5, 0.6) is 0 Å². The third-order valence-electron chi connectivity index (χ3n) is 0.558. The van der Waals surface area contributed by atoms with Crippen LogP contribution in [0.4, 0.5) is 0 Å². The van der Waals surface area contributed by atoms with Crippen LogP contribution >= 0.6 is 0 Å². The molecule has 0 aromatic carbocycles. The molecule has 0 rings (SSSR count). The highest BCUT2D eigenvalue weighted by Crippen LogP contribution is 1.84. The van der Waals surface area contributed by atoms with Crippen molar-refractivity contribution < 1.29 is 0 Å². The number of unbranched alkanes of at least 4 members (excludes halogenated alkanes) is 1. The lowest BCUT2D eigenvalue weighted by Crippen LogP contribution is -1.74. The van der Waals surface area contributed by atoms with Crippen molar-refractivity contribution in [3.8, 4) is 6.07 Å². The molecule has 0 bridgehead atoms. The molecule has 0 fully saturated rings. The quantitative estimate of drug-likeness (QED) is 0.419. The van der Waals surface area contributed by atoms with E-state index in [9.17, 15) is 0 Å². The average molecular weight is 97.1 g/mol. The Balaban J connectivity index is 2.72. The molecule has 0 unspecified atom stereocenters. The van der Waals surface area contributed by atoms with E-state index in [1.54, 1.807) is 0 Å². The van der Waals surface area contributed by atoms with Gasteiger partial charge in [0, 0.05) is 6.42 Å². The first-order valence-corrected chi connectivity index (χ1v) is 2.12. The number of nitrogens with one attached hydrogen (secondary N) is 1. The fourth-order valence-electron chi connectivity index (χ4n) is 0.237. The Morgan fingerprint density at radius 2 is 2.43 bits per heavy atom. The van der Waals surface area contributed by atoms with Crippen LogP contribution in [0.2, 0.25) is 0 Å². The Morgan fingerprint density at radius 3 is 2.86 bits per heavy atom. The fourth-order valence-corrected chi connectivity index (χ4v) is 0.237. The second kappa shape index (κ2) is 5.09. The lowest BCUT2D eigenvalue weighted by Gasteiger charge is -1.79. The number of hydrogen-bond donors (Lipinski definition) is 1. The van der Waals surface area contributed by atoms with Gasteiger partial charge < -0.3 is 0 Å². The normalized spacial score (nSPS) is 7.29. The van der Waals surface area contributed by atoms with Gasteiger partial charge in [0.05, 0.1) is 12.6 Å². The maximum atomic E-state index is 7.94.